The number of carbonyl (C=O) groups excluding carboxylic acids is 4. The van der Waals surface area contributed by atoms with E-state index in [1.807, 2.05) is 44.4 Å². The second-order valence-electron chi connectivity index (χ2n) is 20.6. The van der Waals surface area contributed by atoms with Gasteiger partial charge in [-0.3, -0.25) is 28.5 Å². The number of carbonyl (C=O) groups is 4. The molecule has 24 heteroatoms. The van der Waals surface area contributed by atoms with Gasteiger partial charge in [-0.1, -0.05) is 24.3 Å². The minimum absolute atomic E-state index is 0.0174. The van der Waals surface area contributed by atoms with Crippen LogP contribution in [0.5, 0.6) is 0 Å². The Balaban J connectivity index is 0.000000182. The van der Waals surface area contributed by atoms with Crippen LogP contribution in [-0.4, -0.2) is 121 Å². The summed E-state index contributed by atoms with van der Waals surface area (Å²) in [6.45, 7) is 3.07. The van der Waals surface area contributed by atoms with Crippen molar-refractivity contribution in [3.63, 3.8) is 0 Å². The molecule has 4 aliphatic carbocycles. The fraction of sp³-hybridized carbons (Fsp3) is 0.520. The summed E-state index contributed by atoms with van der Waals surface area (Å²) in [7, 11) is -0.540. The molecule has 0 spiro atoms. The highest BCUT2D eigenvalue weighted by atomic mass is 32.2. The van der Waals surface area contributed by atoms with Crippen molar-refractivity contribution in [3.05, 3.63) is 72.3 Å². The standard InChI is InChI=1S/C25H26F3N5O4S.C25H26F3N5O2S/c1-15-9-16(17-11-30-32(2)12-17)3-4-20(15)38(36,37)18-10-19(21(34)31-23(14-29)5-6-23)33(13-18)22(35)24(7-8-24)25(26,27)28;1-15-9-16(17-11-30-32(2)12-17)3-4-20(15)36-18-10-19(21(34)31-23(14-29)5-6-23)33(13-18)22(35)24(7-8-24)25(26,27)28/h3-4,9,11-12,18-19H,5-8,10,13H2,1-2H3,(H,31,34);3-4,9,11-12,18-19H,5-8,10,13H2,1-2H3,(H,31,34)/t2*18-,19+/m11/s1. The van der Waals surface area contributed by atoms with Crippen molar-refractivity contribution in [2.75, 3.05) is 13.1 Å². The number of sulfone groups is 1. The highest BCUT2D eigenvalue weighted by molar-refractivity contribution is 8.00. The smallest absolute Gasteiger partial charge is 0.336 e. The first-order valence-corrected chi connectivity index (χ1v) is 26.4. The number of aryl methyl sites for hydroxylation is 4. The Kier molecular flexibility index (Phi) is 13.1. The van der Waals surface area contributed by atoms with E-state index in [0.717, 1.165) is 42.5 Å². The predicted molar refractivity (Wildman–Crippen MR) is 255 cm³/mol. The van der Waals surface area contributed by atoms with Crippen LogP contribution in [0.4, 0.5) is 26.3 Å². The van der Waals surface area contributed by atoms with E-state index in [9.17, 15) is 64.5 Å². The normalized spacial score (nSPS) is 23.6. The number of alkyl halides is 6. The van der Waals surface area contributed by atoms with Gasteiger partial charge in [-0.05, 0) is 112 Å². The molecule has 74 heavy (non-hydrogen) atoms. The van der Waals surface area contributed by atoms with E-state index in [0.29, 0.717) is 31.2 Å². The number of hydrogen-bond acceptors (Lipinski definition) is 11. The van der Waals surface area contributed by atoms with Gasteiger partial charge in [0.1, 0.15) is 34.0 Å². The molecule has 2 aromatic carbocycles. The number of thioether (sulfide) groups is 1. The number of aromatic nitrogens is 4. The maximum Gasteiger partial charge on any atom is 0.403 e. The Morgan fingerprint density at radius 2 is 1.11 bits per heavy atom. The molecule has 6 fully saturated rings. The zero-order chi connectivity index (χ0) is 53.6. The number of likely N-dealkylation sites (tertiary alicyclic amines) is 2. The summed E-state index contributed by atoms with van der Waals surface area (Å²) in [5.41, 5.74) is -2.17. The van der Waals surface area contributed by atoms with E-state index in [1.54, 1.807) is 54.1 Å². The topological polar surface area (TPSA) is 216 Å². The van der Waals surface area contributed by atoms with Gasteiger partial charge in [-0.15, -0.1) is 11.8 Å². The third-order valence-corrected chi connectivity index (χ3v) is 18.9. The van der Waals surface area contributed by atoms with Gasteiger partial charge in [0.15, 0.2) is 9.84 Å². The lowest BCUT2D eigenvalue weighted by Gasteiger charge is -2.29. The summed E-state index contributed by atoms with van der Waals surface area (Å²) < 4.78 is 113. The molecule has 392 valence electrons. The number of nitrogens with one attached hydrogen (secondary N) is 2. The Bertz CT molecular complexity index is 3140. The minimum Gasteiger partial charge on any atom is -0.336 e. The van der Waals surface area contributed by atoms with Gasteiger partial charge in [0.2, 0.25) is 23.6 Å². The third kappa shape index (κ3) is 9.75. The Hall–Kier alpha value is -6.40. The fourth-order valence-corrected chi connectivity index (χ4v) is 13.1. The van der Waals surface area contributed by atoms with Crippen molar-refractivity contribution >= 4 is 45.2 Å². The van der Waals surface area contributed by atoms with Crippen LogP contribution in [0.25, 0.3) is 22.3 Å². The highest BCUT2D eigenvalue weighted by Crippen LogP contribution is 2.60. The molecule has 0 unspecified atom stereocenters. The van der Waals surface area contributed by atoms with Gasteiger partial charge >= 0.3 is 12.4 Å². The van der Waals surface area contributed by atoms with Gasteiger partial charge in [0.05, 0.1) is 34.7 Å². The predicted octanol–water partition coefficient (Wildman–Crippen LogP) is 6.63. The maximum atomic E-state index is 13.8. The van der Waals surface area contributed by atoms with Crippen molar-refractivity contribution in [2.45, 2.75) is 134 Å². The van der Waals surface area contributed by atoms with Crippen molar-refractivity contribution in [3.8, 4) is 34.4 Å². The van der Waals surface area contributed by atoms with Crippen molar-refractivity contribution in [1.82, 2.24) is 40.0 Å². The van der Waals surface area contributed by atoms with Crippen LogP contribution in [0.3, 0.4) is 0 Å². The maximum absolute atomic E-state index is 13.8. The number of nitriles is 2. The van der Waals surface area contributed by atoms with Crippen molar-refractivity contribution in [1.29, 1.82) is 10.5 Å². The van der Waals surface area contributed by atoms with Crippen LogP contribution in [0, 0.1) is 47.3 Å². The van der Waals surface area contributed by atoms with Crippen LogP contribution in [0.15, 0.2) is 71.0 Å². The van der Waals surface area contributed by atoms with Gasteiger partial charge in [0, 0.05) is 60.9 Å². The molecular formula is C50H52F6N10O6S2. The number of benzene rings is 2. The number of hydrogen-bond donors (Lipinski definition) is 2. The molecule has 4 atom stereocenters. The minimum atomic E-state index is -4.81. The lowest BCUT2D eigenvalue weighted by atomic mass is 10.0. The molecule has 4 aromatic rings. The van der Waals surface area contributed by atoms with E-state index >= 15 is 0 Å². The zero-order valence-electron chi connectivity index (χ0n) is 40.7. The first-order chi connectivity index (χ1) is 34.7. The summed E-state index contributed by atoms with van der Waals surface area (Å²) in [4.78, 5) is 55.3. The summed E-state index contributed by atoms with van der Waals surface area (Å²) >= 11 is 1.47. The average Bonchev–Trinajstić information content (AvgIpc) is 4.30. The largest absolute Gasteiger partial charge is 0.403 e. The monoisotopic (exact) mass is 1070 g/mol. The number of halogens is 6. The van der Waals surface area contributed by atoms with Crippen LogP contribution >= 0.6 is 11.8 Å². The number of amides is 4. The molecule has 2 saturated heterocycles. The fourth-order valence-electron chi connectivity index (χ4n) is 9.91. The first-order valence-electron chi connectivity index (χ1n) is 24.0. The Morgan fingerprint density at radius 1 is 0.662 bits per heavy atom. The van der Waals surface area contributed by atoms with Crippen LogP contribution in [-0.2, 0) is 43.1 Å². The Labute approximate surface area is 426 Å². The zero-order valence-corrected chi connectivity index (χ0v) is 42.3. The molecule has 6 aliphatic rings. The quantitative estimate of drug-likeness (QED) is 0.144. The molecule has 0 bridgehead atoms. The summed E-state index contributed by atoms with van der Waals surface area (Å²) in [5.74, 6) is -3.67. The summed E-state index contributed by atoms with van der Waals surface area (Å²) in [6.07, 6.45) is -2.07. The van der Waals surface area contributed by atoms with Crippen LogP contribution in [0.2, 0.25) is 0 Å². The lowest BCUT2D eigenvalue weighted by molar-refractivity contribution is -0.200. The average molecular weight is 1070 g/mol. The van der Waals surface area contributed by atoms with Gasteiger partial charge < -0.3 is 20.4 Å². The van der Waals surface area contributed by atoms with Gasteiger partial charge in [-0.2, -0.15) is 47.1 Å². The third-order valence-electron chi connectivity index (χ3n) is 15.2. The van der Waals surface area contributed by atoms with Gasteiger partial charge in [0.25, 0.3) is 0 Å². The summed E-state index contributed by atoms with van der Waals surface area (Å²) in [6, 6.07) is 12.2. The van der Waals surface area contributed by atoms with Crippen LogP contribution < -0.4 is 10.6 Å². The second-order valence-corrected chi connectivity index (χ2v) is 24.2. The summed E-state index contributed by atoms with van der Waals surface area (Å²) in [5, 5.41) is 30.7. The van der Waals surface area contributed by atoms with E-state index in [4.69, 9.17) is 0 Å². The van der Waals surface area contributed by atoms with Crippen LogP contribution in [0.1, 0.15) is 75.3 Å². The van der Waals surface area contributed by atoms with Crippen molar-refractivity contribution < 1.29 is 53.9 Å². The molecule has 4 saturated carbocycles. The first kappa shape index (κ1) is 52.5. The second kappa shape index (κ2) is 18.5. The van der Waals surface area contributed by atoms with Crippen molar-refractivity contribution in [2.24, 2.45) is 24.9 Å². The lowest BCUT2D eigenvalue weighted by Crippen LogP contribution is -2.53. The molecule has 0 radical (unpaired) electrons. The highest BCUT2D eigenvalue weighted by Gasteiger charge is 2.72. The molecule has 10 rings (SSSR count). The van der Waals surface area contributed by atoms with E-state index in [1.165, 1.54) is 17.8 Å². The van der Waals surface area contributed by atoms with E-state index in [2.05, 4.69) is 26.9 Å². The molecule has 2 aromatic heterocycles. The SMILES string of the molecule is Cc1cc(-c2cnn(C)c2)ccc1S(=O)(=O)[C@@H]1C[C@@H](C(=O)NC2(C#N)CC2)N(C(=O)C2(C(F)(F)F)CC2)C1.Cc1cc(-c2cnn(C)c2)ccc1S[C@@H]1C[C@@H](C(=O)NC2(C#N)CC2)N(C(=O)C2(C(F)(F)F)CC2)C1. The number of rotatable bonds is 12. The molecule has 16 nitrogen and oxygen atoms in total. The number of nitrogens with zero attached hydrogens (tertiary/aromatic N) is 8. The molecule has 2 aliphatic heterocycles. The van der Waals surface area contributed by atoms with Gasteiger partial charge in [-0.25, -0.2) is 8.42 Å². The molecule has 2 N–H and O–H groups in total. The van der Waals surface area contributed by atoms with E-state index in [-0.39, 0.29) is 42.4 Å². The molecular weight excluding hydrogens is 1010 g/mol. The molecule has 4 amide bonds. The van der Waals surface area contributed by atoms with E-state index < -0.39 is 104 Å². The Morgan fingerprint density at radius 3 is 1.50 bits per heavy atom. The molecule has 4 heterocycles.